The van der Waals surface area contributed by atoms with Crippen LogP contribution in [0, 0.1) is 0 Å². The lowest BCUT2D eigenvalue weighted by atomic mass is 10.0. The van der Waals surface area contributed by atoms with Crippen LogP contribution in [0.1, 0.15) is 40.3 Å². The SMILES string of the molecule is COC(=O)c1ccccc1-c1ccc([C@H]2[C@H](c3ccccn3)NC(=S)N2CCC(=O)Nc2ccccc2)o1. The van der Waals surface area contributed by atoms with Gasteiger partial charge in [0.2, 0.25) is 5.91 Å². The number of para-hydroxylation sites is 1. The number of carbonyl (C=O) groups is 2. The molecule has 38 heavy (non-hydrogen) atoms. The summed E-state index contributed by atoms with van der Waals surface area (Å²) in [6.45, 7) is 0.368. The average Bonchev–Trinajstić information content (AvgIpc) is 3.57. The zero-order chi connectivity index (χ0) is 26.5. The zero-order valence-corrected chi connectivity index (χ0v) is 21.5. The summed E-state index contributed by atoms with van der Waals surface area (Å²) in [6, 6.07) is 25.2. The summed E-state index contributed by atoms with van der Waals surface area (Å²) >= 11 is 5.70. The molecule has 192 valence electrons. The van der Waals surface area contributed by atoms with Crippen molar-refractivity contribution in [1.29, 1.82) is 0 Å². The first-order valence-corrected chi connectivity index (χ1v) is 12.6. The Balaban J connectivity index is 1.44. The van der Waals surface area contributed by atoms with Gasteiger partial charge < -0.3 is 24.7 Å². The normalized spacial score (nSPS) is 16.7. The molecule has 1 aliphatic rings. The molecule has 1 fully saturated rings. The highest BCUT2D eigenvalue weighted by Crippen LogP contribution is 2.40. The predicted molar refractivity (Wildman–Crippen MR) is 147 cm³/mol. The number of methoxy groups -OCH3 is 1. The molecule has 2 atom stereocenters. The molecule has 1 amide bonds. The number of nitrogens with one attached hydrogen (secondary N) is 2. The van der Waals surface area contributed by atoms with E-state index in [-0.39, 0.29) is 24.4 Å². The van der Waals surface area contributed by atoms with E-state index in [1.54, 1.807) is 18.3 Å². The molecule has 0 radical (unpaired) electrons. The van der Waals surface area contributed by atoms with Crippen molar-refractivity contribution in [3.8, 4) is 11.3 Å². The van der Waals surface area contributed by atoms with Gasteiger partial charge in [-0.25, -0.2) is 4.79 Å². The van der Waals surface area contributed by atoms with Crippen molar-refractivity contribution in [3.63, 3.8) is 0 Å². The van der Waals surface area contributed by atoms with E-state index in [9.17, 15) is 9.59 Å². The number of esters is 1. The van der Waals surface area contributed by atoms with Crippen LogP contribution in [0.15, 0.2) is 95.5 Å². The van der Waals surface area contributed by atoms with E-state index in [4.69, 9.17) is 21.4 Å². The third-order valence-corrected chi connectivity index (χ3v) is 6.70. The zero-order valence-electron chi connectivity index (χ0n) is 20.7. The molecule has 0 unspecified atom stereocenters. The fourth-order valence-electron chi connectivity index (χ4n) is 4.56. The largest absolute Gasteiger partial charge is 0.465 e. The molecule has 4 aromatic rings. The number of rotatable bonds is 8. The maximum absolute atomic E-state index is 12.7. The molecule has 0 spiro atoms. The highest BCUT2D eigenvalue weighted by molar-refractivity contribution is 7.80. The highest BCUT2D eigenvalue weighted by Gasteiger charge is 2.41. The maximum atomic E-state index is 12.7. The van der Waals surface area contributed by atoms with Gasteiger partial charge in [-0.15, -0.1) is 0 Å². The molecule has 1 aliphatic heterocycles. The molecule has 0 bridgehead atoms. The van der Waals surface area contributed by atoms with E-state index < -0.39 is 5.97 Å². The number of nitrogens with zero attached hydrogens (tertiary/aromatic N) is 2. The number of hydrogen-bond acceptors (Lipinski definition) is 6. The Kier molecular flexibility index (Phi) is 7.46. The van der Waals surface area contributed by atoms with E-state index >= 15 is 0 Å². The van der Waals surface area contributed by atoms with Crippen LogP contribution < -0.4 is 10.6 Å². The molecule has 1 saturated heterocycles. The third kappa shape index (κ3) is 5.28. The van der Waals surface area contributed by atoms with Gasteiger partial charge >= 0.3 is 5.97 Å². The first-order valence-electron chi connectivity index (χ1n) is 12.2. The van der Waals surface area contributed by atoms with Gasteiger partial charge in [0.1, 0.15) is 17.6 Å². The first-order chi connectivity index (χ1) is 18.5. The topological polar surface area (TPSA) is 96.7 Å². The standard InChI is InChI=1S/C29H26N4O4S/c1-36-28(35)21-12-6-5-11-20(21)23-14-15-24(37-23)27-26(22-13-7-8-17-30-22)32-29(38)33(27)18-16-25(34)31-19-9-3-2-4-10-19/h2-15,17,26-27H,16,18H2,1H3,(H,31,34)(H,32,38)/t26-,27-/m0/s1. The molecule has 9 heteroatoms. The molecule has 3 heterocycles. The minimum absolute atomic E-state index is 0.119. The summed E-state index contributed by atoms with van der Waals surface area (Å²) in [4.78, 5) is 31.5. The Hall–Kier alpha value is -4.50. The second-order valence-corrected chi connectivity index (χ2v) is 9.11. The van der Waals surface area contributed by atoms with E-state index in [0.717, 1.165) is 11.4 Å². The van der Waals surface area contributed by atoms with Crippen molar-refractivity contribution in [1.82, 2.24) is 15.2 Å². The molecule has 8 nitrogen and oxygen atoms in total. The molecular weight excluding hydrogens is 500 g/mol. The summed E-state index contributed by atoms with van der Waals surface area (Å²) < 4.78 is 11.3. The molecule has 0 aliphatic carbocycles. The Labute approximate surface area is 225 Å². The van der Waals surface area contributed by atoms with Gasteiger partial charge in [-0.3, -0.25) is 9.78 Å². The van der Waals surface area contributed by atoms with Crippen LogP contribution in [0.4, 0.5) is 5.69 Å². The van der Waals surface area contributed by atoms with Crippen LogP contribution >= 0.6 is 12.2 Å². The quantitative estimate of drug-likeness (QED) is 0.241. The van der Waals surface area contributed by atoms with Crippen molar-refractivity contribution in [2.75, 3.05) is 19.0 Å². The number of thiocarbonyl (C=S) groups is 1. The number of aromatic nitrogens is 1. The average molecular weight is 527 g/mol. The number of pyridine rings is 1. The van der Waals surface area contributed by atoms with Crippen LogP contribution in [-0.4, -0.2) is 40.5 Å². The summed E-state index contributed by atoms with van der Waals surface area (Å²) in [5.74, 6) is 0.595. The fraction of sp³-hybridized carbons (Fsp3) is 0.172. The van der Waals surface area contributed by atoms with Crippen molar-refractivity contribution in [2.45, 2.75) is 18.5 Å². The number of amides is 1. The van der Waals surface area contributed by atoms with E-state index in [2.05, 4.69) is 15.6 Å². The van der Waals surface area contributed by atoms with Gasteiger partial charge in [-0.2, -0.15) is 0 Å². The molecule has 2 aromatic heterocycles. The Morgan fingerprint density at radius 1 is 1.03 bits per heavy atom. The van der Waals surface area contributed by atoms with E-state index in [1.807, 2.05) is 77.7 Å². The smallest absolute Gasteiger partial charge is 0.338 e. The van der Waals surface area contributed by atoms with Crippen molar-refractivity contribution < 1.29 is 18.7 Å². The number of anilines is 1. The number of benzene rings is 2. The number of furan rings is 1. The van der Waals surface area contributed by atoms with Crippen molar-refractivity contribution in [3.05, 3.63) is 108 Å². The summed E-state index contributed by atoms with van der Waals surface area (Å²) in [6.07, 6.45) is 1.95. The van der Waals surface area contributed by atoms with Crippen molar-refractivity contribution in [2.24, 2.45) is 0 Å². The molecule has 2 N–H and O–H groups in total. The van der Waals surface area contributed by atoms with Crippen molar-refractivity contribution >= 4 is 34.9 Å². The molecule has 0 saturated carbocycles. The highest BCUT2D eigenvalue weighted by atomic mass is 32.1. The summed E-state index contributed by atoms with van der Waals surface area (Å²) in [5.41, 5.74) is 2.57. The van der Waals surface area contributed by atoms with Gasteiger partial charge in [0.25, 0.3) is 0 Å². The van der Waals surface area contributed by atoms with E-state index in [1.165, 1.54) is 7.11 Å². The molecule has 2 aromatic carbocycles. The van der Waals surface area contributed by atoms with E-state index in [0.29, 0.717) is 34.3 Å². The monoisotopic (exact) mass is 526 g/mol. The predicted octanol–water partition coefficient (Wildman–Crippen LogP) is 5.13. The Morgan fingerprint density at radius 3 is 2.55 bits per heavy atom. The van der Waals surface area contributed by atoms with Gasteiger partial charge in [0.05, 0.1) is 24.4 Å². The van der Waals surface area contributed by atoms with Crippen LogP contribution in [0.2, 0.25) is 0 Å². The van der Waals surface area contributed by atoms with Gasteiger partial charge in [0.15, 0.2) is 5.11 Å². The number of carbonyl (C=O) groups excluding carboxylic acids is 2. The Morgan fingerprint density at radius 2 is 1.79 bits per heavy atom. The fourth-order valence-corrected chi connectivity index (χ4v) is 4.90. The van der Waals surface area contributed by atoms with Crippen LogP contribution in [0.5, 0.6) is 0 Å². The lowest BCUT2D eigenvalue weighted by molar-refractivity contribution is -0.116. The Bertz CT molecular complexity index is 1440. The number of ether oxygens (including phenoxy) is 1. The molecule has 5 rings (SSSR count). The minimum Gasteiger partial charge on any atom is -0.465 e. The maximum Gasteiger partial charge on any atom is 0.338 e. The summed E-state index contributed by atoms with van der Waals surface area (Å²) in [7, 11) is 1.35. The van der Waals surface area contributed by atoms with Crippen LogP contribution in [0.3, 0.4) is 0 Å². The second-order valence-electron chi connectivity index (χ2n) is 8.72. The number of hydrogen-bond donors (Lipinski definition) is 2. The molecular formula is C29H26N4O4S. The lowest BCUT2D eigenvalue weighted by Crippen LogP contribution is -2.32. The minimum atomic E-state index is -0.445. The second kappa shape index (κ2) is 11.3. The van der Waals surface area contributed by atoms with Crippen LogP contribution in [0.25, 0.3) is 11.3 Å². The van der Waals surface area contributed by atoms with Gasteiger partial charge in [0, 0.05) is 30.4 Å². The summed E-state index contributed by atoms with van der Waals surface area (Å²) in [5, 5.41) is 6.78. The first kappa shape index (κ1) is 25.2. The van der Waals surface area contributed by atoms with Crippen LogP contribution in [-0.2, 0) is 9.53 Å². The van der Waals surface area contributed by atoms with Gasteiger partial charge in [-0.1, -0.05) is 42.5 Å². The third-order valence-electron chi connectivity index (χ3n) is 6.35. The van der Waals surface area contributed by atoms with Gasteiger partial charge in [-0.05, 0) is 54.7 Å². The lowest BCUT2D eigenvalue weighted by Gasteiger charge is -2.25.